The zero-order valence-corrected chi connectivity index (χ0v) is 12.2. The van der Waals surface area contributed by atoms with E-state index in [1.165, 1.54) is 31.4 Å². The van der Waals surface area contributed by atoms with Crippen molar-refractivity contribution in [1.29, 1.82) is 5.26 Å². The second kappa shape index (κ2) is 8.78. The zero-order chi connectivity index (χ0) is 17.2. The van der Waals surface area contributed by atoms with Crippen molar-refractivity contribution < 1.29 is 19.2 Å². The van der Waals surface area contributed by atoms with E-state index < -0.39 is 16.8 Å². The Labute approximate surface area is 131 Å². The predicted molar refractivity (Wildman–Crippen MR) is 80.1 cm³/mol. The van der Waals surface area contributed by atoms with E-state index >= 15 is 0 Å². The number of carbonyl (C=O) groups excluding carboxylic acids is 2. The number of ether oxygens (including phenoxy) is 1. The van der Waals surface area contributed by atoms with Crippen LogP contribution in [0.2, 0.25) is 0 Å². The normalized spacial score (nSPS) is 10.3. The third kappa shape index (κ3) is 5.84. The number of nitro groups is 1. The van der Waals surface area contributed by atoms with Gasteiger partial charge in [-0.15, -0.1) is 0 Å². The number of anilines is 1. The number of rotatable bonds is 7. The molecule has 0 saturated heterocycles. The van der Waals surface area contributed by atoms with Gasteiger partial charge >= 0.3 is 5.97 Å². The first-order valence-electron chi connectivity index (χ1n) is 6.44. The van der Waals surface area contributed by atoms with E-state index in [1.54, 1.807) is 6.07 Å². The van der Waals surface area contributed by atoms with Crippen LogP contribution in [0.5, 0.6) is 0 Å². The Balaban J connectivity index is 2.67. The lowest BCUT2D eigenvalue weighted by molar-refractivity contribution is -0.384. The Bertz CT molecular complexity index is 678. The third-order valence-corrected chi connectivity index (χ3v) is 2.63. The number of non-ortho nitro benzene ring substituents is 1. The van der Waals surface area contributed by atoms with Crippen molar-refractivity contribution in [3.63, 3.8) is 0 Å². The van der Waals surface area contributed by atoms with Gasteiger partial charge in [0.15, 0.2) is 0 Å². The Morgan fingerprint density at radius 2 is 2.22 bits per heavy atom. The van der Waals surface area contributed by atoms with Gasteiger partial charge in [0, 0.05) is 30.6 Å². The Kier molecular flexibility index (Phi) is 6.74. The lowest BCUT2D eigenvalue weighted by atomic mass is 10.2. The van der Waals surface area contributed by atoms with Crippen LogP contribution in [0.1, 0.15) is 6.42 Å². The molecular formula is C14H14N4O5. The summed E-state index contributed by atoms with van der Waals surface area (Å²) in [5.41, 5.74) is -0.220. The fourth-order valence-corrected chi connectivity index (χ4v) is 1.49. The van der Waals surface area contributed by atoms with E-state index in [2.05, 4.69) is 15.4 Å². The van der Waals surface area contributed by atoms with Crippen molar-refractivity contribution in [2.75, 3.05) is 19.0 Å². The number of hydrogen-bond donors (Lipinski definition) is 2. The minimum Gasteiger partial charge on any atom is -0.469 e. The summed E-state index contributed by atoms with van der Waals surface area (Å²) in [5, 5.41) is 24.6. The van der Waals surface area contributed by atoms with E-state index in [1.807, 2.05) is 0 Å². The van der Waals surface area contributed by atoms with Crippen molar-refractivity contribution in [2.45, 2.75) is 6.42 Å². The quantitative estimate of drug-likeness (QED) is 0.192. The van der Waals surface area contributed by atoms with Crippen LogP contribution in [0.3, 0.4) is 0 Å². The Morgan fingerprint density at radius 1 is 1.48 bits per heavy atom. The van der Waals surface area contributed by atoms with Crippen LogP contribution in [0.25, 0.3) is 0 Å². The van der Waals surface area contributed by atoms with E-state index in [4.69, 9.17) is 5.26 Å². The smallest absolute Gasteiger partial charge is 0.307 e. The van der Waals surface area contributed by atoms with Crippen molar-refractivity contribution in [2.24, 2.45) is 0 Å². The number of nitro benzene ring substituents is 1. The summed E-state index contributed by atoms with van der Waals surface area (Å²) in [6.07, 6.45) is 1.24. The molecule has 0 aliphatic rings. The molecule has 9 heteroatoms. The van der Waals surface area contributed by atoms with E-state index in [0.717, 1.165) is 6.20 Å². The molecule has 1 aromatic carbocycles. The average Bonchev–Trinajstić information content (AvgIpc) is 2.54. The molecule has 0 spiro atoms. The number of hydrogen-bond acceptors (Lipinski definition) is 7. The summed E-state index contributed by atoms with van der Waals surface area (Å²) in [4.78, 5) is 32.9. The maximum atomic E-state index is 11.9. The standard InChI is InChI=1S/C14H14N4O5/c1-23-13(19)5-6-16-9-10(8-15)14(20)17-11-3-2-4-12(7-11)18(21)22/h2-4,7,9,16H,5-6H2,1H3,(H,17,20)/b10-9-. The van der Waals surface area contributed by atoms with Gasteiger partial charge in [0.2, 0.25) is 0 Å². The number of nitrogens with zero attached hydrogens (tertiary/aromatic N) is 2. The monoisotopic (exact) mass is 318 g/mol. The van der Waals surface area contributed by atoms with Crippen LogP contribution in [0.15, 0.2) is 36.0 Å². The topological polar surface area (TPSA) is 134 Å². The van der Waals surface area contributed by atoms with Crippen molar-refractivity contribution in [3.05, 3.63) is 46.2 Å². The summed E-state index contributed by atoms with van der Waals surface area (Å²) >= 11 is 0. The van der Waals surface area contributed by atoms with Crippen LogP contribution in [-0.4, -0.2) is 30.5 Å². The molecule has 0 heterocycles. The highest BCUT2D eigenvalue weighted by atomic mass is 16.6. The maximum absolute atomic E-state index is 11.9. The first-order chi connectivity index (χ1) is 11.0. The lowest BCUT2D eigenvalue weighted by Gasteiger charge is -2.05. The van der Waals surface area contributed by atoms with Crippen LogP contribution in [-0.2, 0) is 14.3 Å². The fraction of sp³-hybridized carbons (Fsp3) is 0.214. The molecule has 2 N–H and O–H groups in total. The average molecular weight is 318 g/mol. The predicted octanol–water partition coefficient (Wildman–Crippen LogP) is 1.09. The third-order valence-electron chi connectivity index (χ3n) is 2.63. The molecule has 1 aromatic rings. The van der Waals surface area contributed by atoms with Gasteiger partial charge in [-0.2, -0.15) is 5.26 Å². The number of benzene rings is 1. The Hall–Kier alpha value is -3.41. The first-order valence-corrected chi connectivity index (χ1v) is 6.44. The van der Waals surface area contributed by atoms with Crippen LogP contribution >= 0.6 is 0 Å². The number of nitrogens with one attached hydrogen (secondary N) is 2. The zero-order valence-electron chi connectivity index (χ0n) is 12.2. The number of esters is 1. The molecule has 9 nitrogen and oxygen atoms in total. The first kappa shape index (κ1) is 17.6. The van der Waals surface area contributed by atoms with Gasteiger partial charge in [0.05, 0.1) is 18.5 Å². The number of amides is 1. The van der Waals surface area contributed by atoms with Crippen LogP contribution in [0, 0.1) is 21.4 Å². The van der Waals surface area contributed by atoms with Gasteiger partial charge in [-0.3, -0.25) is 19.7 Å². The van der Waals surface area contributed by atoms with Gasteiger partial charge in [0.1, 0.15) is 11.6 Å². The van der Waals surface area contributed by atoms with Crippen LogP contribution < -0.4 is 10.6 Å². The Morgan fingerprint density at radius 3 is 2.83 bits per heavy atom. The highest BCUT2D eigenvalue weighted by Gasteiger charge is 2.12. The van der Waals surface area contributed by atoms with Crippen molar-refractivity contribution in [1.82, 2.24) is 5.32 Å². The number of nitriles is 1. The molecule has 0 saturated carbocycles. The molecule has 0 unspecified atom stereocenters. The fourth-order valence-electron chi connectivity index (χ4n) is 1.49. The molecule has 1 rings (SSSR count). The molecule has 0 aliphatic carbocycles. The molecule has 0 fully saturated rings. The summed E-state index contributed by atoms with van der Waals surface area (Å²) in [6.45, 7) is 0.196. The lowest BCUT2D eigenvalue weighted by Crippen LogP contribution is -2.18. The molecule has 120 valence electrons. The summed E-state index contributed by atoms with van der Waals surface area (Å²) < 4.78 is 4.44. The van der Waals surface area contributed by atoms with Gasteiger partial charge in [-0.25, -0.2) is 0 Å². The molecule has 23 heavy (non-hydrogen) atoms. The SMILES string of the molecule is COC(=O)CCN/C=C(/C#N)C(=O)Nc1cccc([N+](=O)[O-])c1. The molecule has 1 amide bonds. The van der Waals surface area contributed by atoms with E-state index in [-0.39, 0.29) is 29.9 Å². The maximum Gasteiger partial charge on any atom is 0.307 e. The summed E-state index contributed by atoms with van der Waals surface area (Å²) in [6, 6.07) is 7.04. The minimum absolute atomic E-state index is 0.0816. The summed E-state index contributed by atoms with van der Waals surface area (Å²) in [7, 11) is 1.26. The largest absolute Gasteiger partial charge is 0.469 e. The van der Waals surface area contributed by atoms with E-state index in [9.17, 15) is 19.7 Å². The molecular weight excluding hydrogens is 304 g/mol. The van der Waals surface area contributed by atoms with Gasteiger partial charge in [-0.05, 0) is 6.07 Å². The highest BCUT2D eigenvalue weighted by Crippen LogP contribution is 2.17. The minimum atomic E-state index is -0.724. The molecule has 0 bridgehead atoms. The van der Waals surface area contributed by atoms with Crippen LogP contribution in [0.4, 0.5) is 11.4 Å². The second-order valence-corrected chi connectivity index (χ2v) is 4.21. The van der Waals surface area contributed by atoms with Gasteiger partial charge in [-0.1, -0.05) is 6.07 Å². The van der Waals surface area contributed by atoms with Crippen molar-refractivity contribution in [3.8, 4) is 6.07 Å². The molecule has 0 atom stereocenters. The van der Waals surface area contributed by atoms with Gasteiger partial charge < -0.3 is 15.4 Å². The molecule has 0 aromatic heterocycles. The molecule has 0 radical (unpaired) electrons. The molecule has 0 aliphatic heterocycles. The van der Waals surface area contributed by atoms with Gasteiger partial charge in [0.25, 0.3) is 11.6 Å². The second-order valence-electron chi connectivity index (χ2n) is 4.21. The number of methoxy groups -OCH3 is 1. The van der Waals surface area contributed by atoms with Crippen molar-refractivity contribution >= 4 is 23.3 Å². The number of carbonyl (C=O) groups is 2. The van der Waals surface area contributed by atoms with E-state index in [0.29, 0.717) is 0 Å². The summed E-state index contributed by atoms with van der Waals surface area (Å²) in [5.74, 6) is -1.15. The highest BCUT2D eigenvalue weighted by molar-refractivity contribution is 6.06.